The first-order valence-electron chi connectivity index (χ1n) is 7.79. The van der Waals surface area contributed by atoms with Crippen LogP contribution in [0.3, 0.4) is 0 Å². The number of H-pyrrole nitrogens is 1. The van der Waals surface area contributed by atoms with Gasteiger partial charge in [0, 0.05) is 16.9 Å². The minimum Gasteiger partial charge on any atom is -0.338 e. The minimum absolute atomic E-state index is 0.114. The zero-order valence-electron chi connectivity index (χ0n) is 13.4. The van der Waals surface area contributed by atoms with Gasteiger partial charge in [-0.25, -0.2) is 4.98 Å². The molecule has 7 nitrogen and oxygen atoms in total. The Morgan fingerprint density at radius 2 is 1.73 bits per heavy atom. The number of aromatic nitrogens is 4. The molecule has 128 valence electrons. The summed E-state index contributed by atoms with van der Waals surface area (Å²) < 4.78 is 0. The third-order valence-corrected chi connectivity index (χ3v) is 3.86. The van der Waals surface area contributed by atoms with E-state index in [1.165, 1.54) is 6.33 Å². The first-order chi connectivity index (χ1) is 12.7. The maximum atomic E-state index is 12.3. The molecule has 0 radical (unpaired) electrons. The van der Waals surface area contributed by atoms with Gasteiger partial charge in [0.2, 0.25) is 5.28 Å². The second kappa shape index (κ2) is 6.81. The Balaban J connectivity index is 1.52. The number of halogens is 1. The summed E-state index contributed by atoms with van der Waals surface area (Å²) in [6, 6.07) is 16.3. The fourth-order valence-corrected chi connectivity index (χ4v) is 2.63. The van der Waals surface area contributed by atoms with Crippen molar-refractivity contribution in [3.05, 3.63) is 71.8 Å². The highest BCUT2D eigenvalue weighted by atomic mass is 35.5. The molecule has 8 heteroatoms. The summed E-state index contributed by atoms with van der Waals surface area (Å²) in [5.74, 6) is 0.310. The zero-order valence-corrected chi connectivity index (χ0v) is 14.2. The third kappa shape index (κ3) is 3.33. The number of rotatable bonds is 4. The van der Waals surface area contributed by atoms with Gasteiger partial charge in [-0.05, 0) is 48.0 Å². The van der Waals surface area contributed by atoms with Crippen molar-refractivity contribution in [2.75, 3.05) is 10.6 Å². The Morgan fingerprint density at radius 3 is 2.50 bits per heavy atom. The highest BCUT2D eigenvalue weighted by molar-refractivity contribution is 6.28. The normalized spacial score (nSPS) is 10.7. The monoisotopic (exact) mass is 364 g/mol. The van der Waals surface area contributed by atoms with Crippen LogP contribution in [0.1, 0.15) is 10.4 Å². The van der Waals surface area contributed by atoms with E-state index in [0.29, 0.717) is 22.5 Å². The summed E-state index contributed by atoms with van der Waals surface area (Å²) in [5.41, 5.74) is 3.17. The van der Waals surface area contributed by atoms with E-state index in [2.05, 4.69) is 30.6 Å². The van der Waals surface area contributed by atoms with Crippen LogP contribution < -0.4 is 10.6 Å². The van der Waals surface area contributed by atoms with Crippen LogP contribution in [0.2, 0.25) is 5.28 Å². The molecule has 2 aromatic heterocycles. The van der Waals surface area contributed by atoms with Gasteiger partial charge in [-0.15, -0.1) is 0 Å². The molecule has 0 spiro atoms. The lowest BCUT2D eigenvalue weighted by molar-refractivity contribution is 0.102. The number of carbonyl (C=O) groups excluding carboxylic acids is 1. The molecule has 3 N–H and O–H groups in total. The van der Waals surface area contributed by atoms with Gasteiger partial charge in [-0.2, -0.15) is 9.97 Å². The molecular formula is C18H13ClN6O. The van der Waals surface area contributed by atoms with Crippen molar-refractivity contribution in [2.24, 2.45) is 0 Å². The molecule has 4 rings (SSSR count). The number of hydrogen-bond donors (Lipinski definition) is 3. The number of amides is 1. The van der Waals surface area contributed by atoms with Crippen LogP contribution in [0, 0.1) is 0 Å². The van der Waals surface area contributed by atoms with E-state index in [1.807, 2.05) is 30.3 Å². The van der Waals surface area contributed by atoms with Gasteiger partial charge in [0.05, 0.1) is 6.33 Å². The maximum absolute atomic E-state index is 12.3. The van der Waals surface area contributed by atoms with Crippen molar-refractivity contribution in [1.82, 2.24) is 19.9 Å². The Kier molecular flexibility index (Phi) is 4.20. The predicted molar refractivity (Wildman–Crippen MR) is 101 cm³/mol. The number of nitrogens with one attached hydrogen (secondary N) is 3. The summed E-state index contributed by atoms with van der Waals surface area (Å²) in [5, 5.41) is 6.10. The second-order valence-electron chi connectivity index (χ2n) is 5.46. The zero-order chi connectivity index (χ0) is 17.9. The van der Waals surface area contributed by atoms with E-state index in [1.54, 1.807) is 24.3 Å². The van der Waals surface area contributed by atoms with Crippen molar-refractivity contribution < 1.29 is 4.79 Å². The molecule has 0 saturated carbocycles. The summed E-state index contributed by atoms with van der Waals surface area (Å²) in [6.07, 6.45) is 1.53. The average Bonchev–Trinajstić information content (AvgIpc) is 3.11. The summed E-state index contributed by atoms with van der Waals surface area (Å²) in [4.78, 5) is 27.6. The molecular weight excluding hydrogens is 352 g/mol. The van der Waals surface area contributed by atoms with Crippen molar-refractivity contribution in [3.63, 3.8) is 0 Å². The molecule has 2 heterocycles. The first kappa shape index (κ1) is 16.0. The molecule has 0 atom stereocenters. The number of nitrogens with zero attached hydrogens (tertiary/aromatic N) is 3. The topological polar surface area (TPSA) is 95.6 Å². The number of anilines is 3. The van der Waals surface area contributed by atoms with E-state index >= 15 is 0 Å². The molecule has 0 aliphatic rings. The van der Waals surface area contributed by atoms with Gasteiger partial charge in [-0.1, -0.05) is 18.2 Å². The number of para-hydroxylation sites is 1. The second-order valence-corrected chi connectivity index (χ2v) is 5.80. The molecule has 0 saturated heterocycles. The highest BCUT2D eigenvalue weighted by Gasteiger charge is 2.10. The van der Waals surface area contributed by atoms with Crippen LogP contribution in [0.15, 0.2) is 60.9 Å². The molecule has 0 aliphatic heterocycles. The number of hydrogen-bond acceptors (Lipinski definition) is 5. The lowest BCUT2D eigenvalue weighted by atomic mass is 10.2. The molecule has 0 fully saturated rings. The summed E-state index contributed by atoms with van der Waals surface area (Å²) >= 11 is 5.93. The molecule has 0 unspecified atom stereocenters. The summed E-state index contributed by atoms with van der Waals surface area (Å²) in [6.45, 7) is 0. The van der Waals surface area contributed by atoms with E-state index in [-0.39, 0.29) is 11.2 Å². The van der Waals surface area contributed by atoms with Gasteiger partial charge < -0.3 is 15.6 Å². The van der Waals surface area contributed by atoms with Crippen molar-refractivity contribution in [1.29, 1.82) is 0 Å². The van der Waals surface area contributed by atoms with Gasteiger partial charge in [0.15, 0.2) is 17.0 Å². The van der Waals surface area contributed by atoms with Crippen LogP contribution in [0.25, 0.3) is 11.2 Å². The van der Waals surface area contributed by atoms with Crippen LogP contribution in [0.5, 0.6) is 0 Å². The molecule has 0 bridgehead atoms. The standard InChI is InChI=1S/C18H13ClN6O/c19-18-24-15-14(20-10-21-15)16(25-18)22-13-8-6-11(7-9-13)17(26)23-12-4-2-1-3-5-12/h1-10H,(H,23,26)(H2,20,21,22,24,25). The SMILES string of the molecule is O=C(Nc1ccccc1)c1ccc(Nc2nc(Cl)nc3[nH]cnc23)cc1. The maximum Gasteiger partial charge on any atom is 0.255 e. The van der Waals surface area contributed by atoms with Crippen LogP contribution in [-0.2, 0) is 0 Å². The van der Waals surface area contributed by atoms with Crippen molar-refractivity contribution in [3.8, 4) is 0 Å². The number of carbonyl (C=O) groups is 1. The fourth-order valence-electron chi connectivity index (χ4n) is 2.46. The Morgan fingerprint density at radius 1 is 0.962 bits per heavy atom. The Labute approximate surface area is 153 Å². The molecule has 4 aromatic rings. The Hall–Kier alpha value is -3.45. The van der Waals surface area contributed by atoms with E-state index in [4.69, 9.17) is 11.6 Å². The van der Waals surface area contributed by atoms with Crippen LogP contribution >= 0.6 is 11.6 Å². The largest absolute Gasteiger partial charge is 0.338 e. The highest BCUT2D eigenvalue weighted by Crippen LogP contribution is 2.23. The first-order valence-corrected chi connectivity index (χ1v) is 8.17. The average molecular weight is 365 g/mol. The summed E-state index contributed by atoms with van der Waals surface area (Å²) in [7, 11) is 0. The smallest absolute Gasteiger partial charge is 0.255 e. The number of benzene rings is 2. The van der Waals surface area contributed by atoms with E-state index in [0.717, 1.165) is 11.4 Å². The number of imidazole rings is 1. The van der Waals surface area contributed by atoms with Gasteiger partial charge in [-0.3, -0.25) is 4.79 Å². The number of aromatic amines is 1. The van der Waals surface area contributed by atoms with Crippen LogP contribution in [0.4, 0.5) is 17.2 Å². The van der Waals surface area contributed by atoms with Crippen molar-refractivity contribution in [2.45, 2.75) is 0 Å². The molecule has 0 aliphatic carbocycles. The van der Waals surface area contributed by atoms with E-state index in [9.17, 15) is 4.79 Å². The minimum atomic E-state index is -0.178. The Bertz CT molecular complexity index is 1060. The van der Waals surface area contributed by atoms with Gasteiger partial charge >= 0.3 is 0 Å². The third-order valence-electron chi connectivity index (χ3n) is 3.69. The molecule has 26 heavy (non-hydrogen) atoms. The van der Waals surface area contributed by atoms with Crippen molar-refractivity contribution >= 4 is 45.9 Å². The quantitative estimate of drug-likeness (QED) is 0.476. The molecule has 1 amide bonds. The van der Waals surface area contributed by atoms with Gasteiger partial charge in [0.1, 0.15) is 0 Å². The molecule has 2 aromatic carbocycles. The van der Waals surface area contributed by atoms with Gasteiger partial charge in [0.25, 0.3) is 5.91 Å². The lowest BCUT2D eigenvalue weighted by Gasteiger charge is -2.08. The predicted octanol–water partition coefficient (Wildman–Crippen LogP) is 4.00. The lowest BCUT2D eigenvalue weighted by Crippen LogP contribution is -2.11. The number of fused-ring (bicyclic) bond motifs is 1. The van der Waals surface area contributed by atoms with Crippen LogP contribution in [-0.4, -0.2) is 25.8 Å². The fraction of sp³-hybridized carbons (Fsp3) is 0. The van der Waals surface area contributed by atoms with E-state index < -0.39 is 0 Å².